The molecule has 0 heterocycles. The fraction of sp³-hybridized carbons (Fsp3) is 0.273. The summed E-state index contributed by atoms with van der Waals surface area (Å²) in [5, 5.41) is 2.20. The van der Waals surface area contributed by atoms with Gasteiger partial charge in [-0.25, -0.2) is 4.79 Å². The lowest BCUT2D eigenvalue weighted by molar-refractivity contribution is -0.138. The first kappa shape index (κ1) is 16.3. The van der Waals surface area contributed by atoms with Crippen LogP contribution >= 0.6 is 15.9 Å². The predicted molar refractivity (Wildman–Crippen MR) is 67.0 cm³/mol. The highest BCUT2D eigenvalue weighted by molar-refractivity contribution is 9.10. The molecule has 1 rings (SSSR count). The second-order valence-electron chi connectivity index (χ2n) is 3.61. The van der Waals surface area contributed by atoms with Gasteiger partial charge in [0.05, 0.1) is 17.7 Å². The maximum absolute atomic E-state index is 12.8. The summed E-state index contributed by atoms with van der Waals surface area (Å²) in [6.07, 6.45) is -5.68. The molecule has 0 saturated heterocycles. The van der Waals surface area contributed by atoms with Crippen LogP contribution in [0.3, 0.4) is 0 Å². The van der Waals surface area contributed by atoms with E-state index in [2.05, 4.69) is 26.0 Å². The summed E-state index contributed by atoms with van der Waals surface area (Å²) in [4.78, 5) is 21.9. The number of ether oxygens (including phenoxy) is 1. The number of nitrogens with one attached hydrogen (secondary N) is 1. The summed E-state index contributed by atoms with van der Waals surface area (Å²) in [6.45, 7) is -0.367. The molecule has 0 spiro atoms. The first-order valence-electron chi connectivity index (χ1n) is 5.29. The van der Waals surface area contributed by atoms with Gasteiger partial charge in [0.15, 0.2) is 0 Å². The fourth-order valence-electron chi connectivity index (χ4n) is 1.36. The largest absolute Gasteiger partial charge is 0.448 e. The van der Waals surface area contributed by atoms with Gasteiger partial charge in [-0.2, -0.15) is 13.2 Å². The number of carbonyl (C=O) groups excluding carboxylic acids is 2. The van der Waals surface area contributed by atoms with Crippen molar-refractivity contribution in [3.63, 3.8) is 0 Å². The van der Waals surface area contributed by atoms with E-state index >= 15 is 0 Å². The third-order valence-corrected chi connectivity index (χ3v) is 2.66. The molecule has 0 unspecified atom stereocenters. The summed E-state index contributed by atoms with van der Waals surface area (Å²) in [6, 6.07) is 3.19. The van der Waals surface area contributed by atoms with Crippen LogP contribution in [0.1, 0.15) is 15.9 Å². The highest BCUT2D eigenvalue weighted by atomic mass is 79.9. The lowest BCUT2D eigenvalue weighted by Gasteiger charge is -2.13. The van der Waals surface area contributed by atoms with E-state index in [0.717, 1.165) is 12.1 Å². The van der Waals surface area contributed by atoms with Gasteiger partial charge in [0.25, 0.3) is 5.91 Å². The van der Waals surface area contributed by atoms with E-state index in [0.29, 0.717) is 0 Å². The molecule has 0 aliphatic heterocycles. The molecule has 1 aromatic rings. The van der Waals surface area contributed by atoms with Crippen molar-refractivity contribution in [3.05, 3.63) is 33.8 Å². The highest BCUT2D eigenvalue weighted by Crippen LogP contribution is 2.33. The van der Waals surface area contributed by atoms with Gasteiger partial charge in [-0.15, -0.1) is 0 Å². The molecule has 0 saturated carbocycles. The summed E-state index contributed by atoms with van der Waals surface area (Å²) in [7, 11) is 0. The molecular formula is C11H10BrF3N2O3. The topological polar surface area (TPSA) is 81.4 Å². The maximum Gasteiger partial charge on any atom is 0.417 e. The molecule has 2 amide bonds. The van der Waals surface area contributed by atoms with Gasteiger partial charge >= 0.3 is 12.3 Å². The Balaban J connectivity index is 2.80. The zero-order valence-corrected chi connectivity index (χ0v) is 11.5. The standard InChI is InChI=1S/C11H10BrF3N2O3/c12-6-1-2-7(8(5-6)11(13,14)15)9(18)17-3-4-20-10(16)19/h1-2,5H,3-4H2,(H2,16,19)(H,17,18). The van der Waals surface area contributed by atoms with Crippen LogP contribution in [0.5, 0.6) is 0 Å². The Morgan fingerprint density at radius 1 is 1.35 bits per heavy atom. The number of amides is 2. The van der Waals surface area contributed by atoms with Crippen molar-refractivity contribution >= 4 is 27.9 Å². The molecule has 9 heteroatoms. The van der Waals surface area contributed by atoms with Crippen LogP contribution < -0.4 is 11.1 Å². The van der Waals surface area contributed by atoms with E-state index in [4.69, 9.17) is 5.73 Å². The molecule has 1 aromatic carbocycles. The molecular weight excluding hydrogens is 345 g/mol. The predicted octanol–water partition coefficient (Wildman–Crippen LogP) is 2.29. The van der Waals surface area contributed by atoms with Gasteiger partial charge in [0.1, 0.15) is 6.61 Å². The number of carbonyl (C=O) groups is 2. The van der Waals surface area contributed by atoms with Gasteiger partial charge in [-0.3, -0.25) is 4.79 Å². The van der Waals surface area contributed by atoms with Crippen molar-refractivity contribution in [2.24, 2.45) is 5.73 Å². The molecule has 0 atom stereocenters. The van der Waals surface area contributed by atoms with E-state index in [9.17, 15) is 22.8 Å². The summed E-state index contributed by atoms with van der Waals surface area (Å²) in [5.74, 6) is -0.919. The van der Waals surface area contributed by atoms with E-state index in [1.54, 1.807) is 0 Å². The van der Waals surface area contributed by atoms with Crippen molar-refractivity contribution in [2.45, 2.75) is 6.18 Å². The number of hydrogen-bond donors (Lipinski definition) is 2. The first-order valence-corrected chi connectivity index (χ1v) is 6.08. The van der Waals surface area contributed by atoms with Crippen LogP contribution in [0, 0.1) is 0 Å². The van der Waals surface area contributed by atoms with Crippen LogP contribution in [0.4, 0.5) is 18.0 Å². The molecule has 0 radical (unpaired) electrons. The van der Waals surface area contributed by atoms with Crippen molar-refractivity contribution in [2.75, 3.05) is 13.2 Å². The Morgan fingerprint density at radius 3 is 2.55 bits per heavy atom. The number of hydrogen-bond acceptors (Lipinski definition) is 3. The summed E-state index contributed by atoms with van der Waals surface area (Å²) in [5.41, 5.74) is 3.12. The monoisotopic (exact) mass is 354 g/mol. The third kappa shape index (κ3) is 4.72. The minimum atomic E-state index is -4.65. The number of alkyl halides is 3. The van der Waals surface area contributed by atoms with Crippen molar-refractivity contribution in [1.82, 2.24) is 5.32 Å². The Bertz CT molecular complexity index is 520. The van der Waals surface area contributed by atoms with E-state index in [-0.39, 0.29) is 17.6 Å². The molecule has 0 bridgehead atoms. The zero-order chi connectivity index (χ0) is 15.3. The van der Waals surface area contributed by atoms with Gasteiger partial charge < -0.3 is 15.8 Å². The smallest absolute Gasteiger partial charge is 0.417 e. The molecule has 0 aliphatic rings. The van der Waals surface area contributed by atoms with E-state index in [1.165, 1.54) is 6.07 Å². The lowest BCUT2D eigenvalue weighted by atomic mass is 10.1. The van der Waals surface area contributed by atoms with Crippen LogP contribution in [-0.2, 0) is 10.9 Å². The number of benzene rings is 1. The first-order chi connectivity index (χ1) is 9.21. The van der Waals surface area contributed by atoms with Crippen LogP contribution in [-0.4, -0.2) is 25.2 Å². The normalized spacial score (nSPS) is 11.0. The average molecular weight is 355 g/mol. The minimum absolute atomic E-state index is 0.144. The van der Waals surface area contributed by atoms with Crippen LogP contribution in [0.25, 0.3) is 0 Å². The number of nitrogens with two attached hydrogens (primary N) is 1. The number of halogens is 4. The average Bonchev–Trinajstić information content (AvgIpc) is 2.33. The summed E-state index contributed by atoms with van der Waals surface area (Å²) < 4.78 is 42.9. The number of primary amides is 1. The van der Waals surface area contributed by atoms with Crippen molar-refractivity contribution in [1.29, 1.82) is 0 Å². The van der Waals surface area contributed by atoms with Crippen molar-refractivity contribution < 1.29 is 27.5 Å². The summed E-state index contributed by atoms with van der Waals surface area (Å²) >= 11 is 2.91. The lowest BCUT2D eigenvalue weighted by Crippen LogP contribution is -2.30. The Labute approximate surface area is 120 Å². The SMILES string of the molecule is NC(=O)OCCNC(=O)c1ccc(Br)cc1C(F)(F)F. The molecule has 5 nitrogen and oxygen atoms in total. The Morgan fingerprint density at radius 2 is 2.00 bits per heavy atom. The Hall–Kier alpha value is -1.77. The molecule has 0 fully saturated rings. The molecule has 20 heavy (non-hydrogen) atoms. The van der Waals surface area contributed by atoms with Crippen LogP contribution in [0.15, 0.2) is 22.7 Å². The second kappa shape index (κ2) is 6.60. The molecule has 3 N–H and O–H groups in total. The van der Waals surface area contributed by atoms with Gasteiger partial charge in [0.2, 0.25) is 0 Å². The minimum Gasteiger partial charge on any atom is -0.448 e. The number of rotatable bonds is 4. The molecule has 110 valence electrons. The second-order valence-corrected chi connectivity index (χ2v) is 4.53. The third-order valence-electron chi connectivity index (χ3n) is 2.16. The van der Waals surface area contributed by atoms with E-state index < -0.39 is 29.3 Å². The highest BCUT2D eigenvalue weighted by Gasteiger charge is 2.35. The zero-order valence-electron chi connectivity index (χ0n) is 9.96. The molecule has 0 aliphatic carbocycles. The van der Waals surface area contributed by atoms with Gasteiger partial charge in [-0.1, -0.05) is 15.9 Å². The molecule has 0 aromatic heterocycles. The van der Waals surface area contributed by atoms with Gasteiger partial charge in [-0.05, 0) is 18.2 Å². The van der Waals surface area contributed by atoms with Crippen molar-refractivity contribution in [3.8, 4) is 0 Å². The quantitative estimate of drug-likeness (QED) is 0.814. The maximum atomic E-state index is 12.8. The van der Waals surface area contributed by atoms with Crippen LogP contribution in [0.2, 0.25) is 0 Å². The fourth-order valence-corrected chi connectivity index (χ4v) is 1.72. The van der Waals surface area contributed by atoms with E-state index in [1.807, 2.05) is 0 Å². The Kier molecular flexibility index (Phi) is 5.37. The van der Waals surface area contributed by atoms with Gasteiger partial charge in [0, 0.05) is 4.47 Å².